The van der Waals surface area contributed by atoms with Crippen LogP contribution in [0.2, 0.25) is 0 Å². The molecule has 7 nitrogen and oxygen atoms in total. The lowest BCUT2D eigenvalue weighted by Gasteiger charge is -2.13. The number of halogens is 3. The van der Waals surface area contributed by atoms with Crippen LogP contribution in [0.5, 0.6) is 0 Å². The lowest BCUT2D eigenvalue weighted by Crippen LogP contribution is -2.29. The van der Waals surface area contributed by atoms with Gasteiger partial charge in [-0.05, 0) is 42.8 Å². The van der Waals surface area contributed by atoms with E-state index in [-0.39, 0.29) is 27.2 Å². The van der Waals surface area contributed by atoms with E-state index in [4.69, 9.17) is 0 Å². The highest BCUT2D eigenvalue weighted by Gasteiger charge is 2.31. The third-order valence-electron chi connectivity index (χ3n) is 3.75. The molecule has 0 aliphatic rings. The number of anilines is 1. The molecule has 2 aromatic carbocycles. The van der Waals surface area contributed by atoms with Crippen molar-refractivity contribution in [1.82, 2.24) is 9.97 Å². The number of aromatic nitrogens is 2. The maximum Gasteiger partial charge on any atom is 0.416 e. The topological polar surface area (TPSA) is 112 Å². The number of aryl methyl sites for hydroxylation is 1. The minimum atomic E-state index is -4.62. The molecular formula is C16H12F3N3O4S. The molecule has 0 atom stereocenters. The van der Waals surface area contributed by atoms with E-state index >= 15 is 0 Å². The van der Waals surface area contributed by atoms with Crippen molar-refractivity contribution < 1.29 is 21.6 Å². The van der Waals surface area contributed by atoms with Crippen molar-refractivity contribution in [3.8, 4) is 0 Å². The molecule has 0 aliphatic heterocycles. The predicted octanol–water partition coefficient (Wildman–Crippen LogP) is 2.34. The van der Waals surface area contributed by atoms with Gasteiger partial charge in [-0.2, -0.15) is 13.2 Å². The number of H-pyrrole nitrogens is 2. The summed E-state index contributed by atoms with van der Waals surface area (Å²) in [6.45, 7) is 1.45. The average molecular weight is 399 g/mol. The number of alkyl halides is 3. The fourth-order valence-corrected chi connectivity index (χ4v) is 3.81. The summed E-state index contributed by atoms with van der Waals surface area (Å²) in [5.41, 5.74) is -2.60. The molecule has 27 heavy (non-hydrogen) atoms. The molecule has 11 heteroatoms. The smallest absolute Gasteiger partial charge is 0.316 e. The predicted molar refractivity (Wildman–Crippen MR) is 92.2 cm³/mol. The Hall–Kier alpha value is -3.08. The van der Waals surface area contributed by atoms with Gasteiger partial charge in [-0.25, -0.2) is 8.42 Å². The Labute approximate surface area is 149 Å². The summed E-state index contributed by atoms with van der Waals surface area (Å²) in [5.74, 6) is 0. The van der Waals surface area contributed by atoms with Gasteiger partial charge in [0.15, 0.2) is 0 Å². The van der Waals surface area contributed by atoms with Gasteiger partial charge in [0.05, 0.1) is 21.5 Å². The lowest BCUT2D eigenvalue weighted by molar-refractivity contribution is -0.137. The third-order valence-corrected chi connectivity index (χ3v) is 5.27. The highest BCUT2D eigenvalue weighted by Crippen LogP contribution is 2.31. The molecule has 0 radical (unpaired) electrons. The fraction of sp³-hybridized carbons (Fsp3) is 0.125. The number of hydrogen-bond donors (Lipinski definition) is 3. The van der Waals surface area contributed by atoms with E-state index in [9.17, 15) is 31.2 Å². The first-order valence-corrected chi connectivity index (χ1v) is 8.93. The van der Waals surface area contributed by atoms with E-state index in [0.717, 1.165) is 18.2 Å². The van der Waals surface area contributed by atoms with Crippen LogP contribution in [0.3, 0.4) is 0 Å². The van der Waals surface area contributed by atoms with Crippen LogP contribution >= 0.6 is 0 Å². The van der Waals surface area contributed by atoms with Gasteiger partial charge in [-0.15, -0.1) is 0 Å². The number of rotatable bonds is 3. The molecule has 0 fully saturated rings. The number of aromatic amines is 2. The van der Waals surface area contributed by atoms with Crippen LogP contribution in [0.15, 0.2) is 50.9 Å². The second-order valence-electron chi connectivity index (χ2n) is 5.76. The molecule has 142 valence electrons. The molecular weight excluding hydrogens is 387 g/mol. The Kier molecular flexibility index (Phi) is 4.34. The highest BCUT2D eigenvalue weighted by molar-refractivity contribution is 7.92. The van der Waals surface area contributed by atoms with Gasteiger partial charge >= 0.3 is 17.3 Å². The first-order chi connectivity index (χ1) is 12.5. The van der Waals surface area contributed by atoms with Gasteiger partial charge in [-0.1, -0.05) is 6.07 Å². The van der Waals surface area contributed by atoms with Crippen molar-refractivity contribution in [1.29, 1.82) is 0 Å². The Bertz CT molecular complexity index is 1260. The van der Waals surface area contributed by atoms with Gasteiger partial charge in [0.1, 0.15) is 0 Å². The molecule has 0 unspecified atom stereocenters. The van der Waals surface area contributed by atoms with Crippen molar-refractivity contribution in [3.63, 3.8) is 0 Å². The maximum absolute atomic E-state index is 12.8. The highest BCUT2D eigenvalue weighted by atomic mass is 32.2. The SMILES string of the molecule is Cc1cc2[nH]c(=O)c(=O)[nH]c2cc1S(=O)(=O)Nc1cccc(C(F)(F)F)c1. The van der Waals surface area contributed by atoms with E-state index in [0.29, 0.717) is 6.07 Å². The molecule has 0 spiro atoms. The molecule has 3 rings (SSSR count). The van der Waals surface area contributed by atoms with Gasteiger partial charge in [0, 0.05) is 5.69 Å². The number of fused-ring (bicyclic) bond motifs is 1. The van der Waals surface area contributed by atoms with Crippen LogP contribution in [-0.2, 0) is 16.2 Å². The van der Waals surface area contributed by atoms with Crippen molar-refractivity contribution in [3.05, 3.63) is 68.2 Å². The van der Waals surface area contributed by atoms with Crippen LogP contribution in [0.4, 0.5) is 18.9 Å². The Morgan fingerprint density at radius 2 is 1.56 bits per heavy atom. The zero-order valence-electron chi connectivity index (χ0n) is 13.6. The average Bonchev–Trinajstić information content (AvgIpc) is 2.55. The number of sulfonamides is 1. The largest absolute Gasteiger partial charge is 0.416 e. The molecule has 0 amide bonds. The maximum atomic E-state index is 12.8. The summed E-state index contributed by atoms with van der Waals surface area (Å²) in [6.07, 6.45) is -4.62. The standard InChI is InChI=1S/C16H12F3N3O4S/c1-8-5-11-12(21-15(24)14(23)20-11)7-13(8)27(25,26)22-10-4-2-3-9(6-10)16(17,18)19/h2-7,22H,1H3,(H,20,23)(H,21,24). The third kappa shape index (κ3) is 3.72. The van der Waals surface area contributed by atoms with Crippen molar-refractivity contribution in [2.75, 3.05) is 4.72 Å². The van der Waals surface area contributed by atoms with E-state index in [1.165, 1.54) is 19.1 Å². The number of nitrogens with one attached hydrogen (secondary N) is 3. The van der Waals surface area contributed by atoms with Gasteiger partial charge < -0.3 is 9.97 Å². The minimum absolute atomic E-state index is 0.0645. The summed E-state index contributed by atoms with van der Waals surface area (Å²) in [6, 6.07) is 6.22. The normalized spacial score (nSPS) is 12.3. The van der Waals surface area contributed by atoms with E-state index in [2.05, 4.69) is 14.7 Å². The zero-order valence-corrected chi connectivity index (χ0v) is 14.5. The van der Waals surface area contributed by atoms with Gasteiger partial charge in [0.25, 0.3) is 10.0 Å². The minimum Gasteiger partial charge on any atom is -0.316 e. The quantitative estimate of drug-likeness (QED) is 0.587. The summed E-state index contributed by atoms with van der Waals surface area (Å²) in [4.78, 5) is 27.1. The first-order valence-electron chi connectivity index (χ1n) is 7.44. The monoisotopic (exact) mass is 399 g/mol. The molecule has 0 bridgehead atoms. The van der Waals surface area contributed by atoms with Gasteiger partial charge in [0.2, 0.25) is 0 Å². The molecule has 1 heterocycles. The Balaban J connectivity index is 2.07. The van der Waals surface area contributed by atoms with Crippen LogP contribution in [0.1, 0.15) is 11.1 Å². The van der Waals surface area contributed by atoms with Crippen molar-refractivity contribution in [2.45, 2.75) is 18.0 Å². The molecule has 0 saturated carbocycles. The second-order valence-corrected chi connectivity index (χ2v) is 7.41. The van der Waals surface area contributed by atoms with Crippen LogP contribution < -0.4 is 15.8 Å². The summed E-state index contributed by atoms with van der Waals surface area (Å²) in [7, 11) is -4.25. The zero-order chi connectivity index (χ0) is 20.0. The summed E-state index contributed by atoms with van der Waals surface area (Å²) >= 11 is 0. The molecule has 3 aromatic rings. The fourth-order valence-electron chi connectivity index (χ4n) is 2.51. The molecule has 3 N–H and O–H groups in total. The van der Waals surface area contributed by atoms with E-state index in [1.807, 2.05) is 0 Å². The second kappa shape index (κ2) is 6.27. The van der Waals surface area contributed by atoms with Crippen LogP contribution in [0, 0.1) is 6.92 Å². The first kappa shape index (κ1) is 18.7. The molecule has 0 saturated heterocycles. The summed E-state index contributed by atoms with van der Waals surface area (Å²) < 4.78 is 65.7. The van der Waals surface area contributed by atoms with Crippen molar-refractivity contribution >= 4 is 26.7 Å². The van der Waals surface area contributed by atoms with Crippen LogP contribution in [-0.4, -0.2) is 18.4 Å². The number of hydrogen-bond acceptors (Lipinski definition) is 4. The molecule has 1 aromatic heterocycles. The van der Waals surface area contributed by atoms with E-state index in [1.54, 1.807) is 0 Å². The van der Waals surface area contributed by atoms with Crippen LogP contribution in [0.25, 0.3) is 11.0 Å². The Morgan fingerprint density at radius 1 is 0.963 bits per heavy atom. The lowest BCUT2D eigenvalue weighted by atomic mass is 10.2. The Morgan fingerprint density at radius 3 is 2.15 bits per heavy atom. The summed E-state index contributed by atoms with van der Waals surface area (Å²) in [5, 5.41) is 0. The van der Waals surface area contributed by atoms with Crippen molar-refractivity contribution in [2.24, 2.45) is 0 Å². The van der Waals surface area contributed by atoms with Gasteiger partial charge in [-0.3, -0.25) is 14.3 Å². The number of benzene rings is 2. The molecule has 0 aliphatic carbocycles. The van der Waals surface area contributed by atoms with E-state index < -0.39 is 32.9 Å².